The number of nitrogens with two attached hydrogens (primary N) is 1. The number of carbonyl (C=O) groups is 2. The van der Waals surface area contributed by atoms with Gasteiger partial charge in [-0.1, -0.05) is 36.4 Å². The van der Waals surface area contributed by atoms with Crippen LogP contribution < -0.4 is 5.84 Å². The van der Waals surface area contributed by atoms with Gasteiger partial charge in [0.25, 0.3) is 5.78 Å². The minimum Gasteiger partial charge on any atom is -0.465 e. The Hall–Kier alpha value is -4.13. The number of nitrogens with zero attached hydrogens (tertiary/aromatic N) is 1. The van der Waals surface area contributed by atoms with E-state index in [0.29, 0.717) is 22.5 Å². The van der Waals surface area contributed by atoms with Crippen LogP contribution in [-0.2, 0) is 4.74 Å². The van der Waals surface area contributed by atoms with E-state index in [1.165, 1.54) is 7.11 Å². The second-order valence-corrected chi connectivity index (χ2v) is 6.16. The number of ether oxygens (including phenoxy) is 1. The summed E-state index contributed by atoms with van der Waals surface area (Å²) in [7, 11) is 1.30. The normalized spacial score (nSPS) is 11.6. The molecule has 0 amide bonds. The van der Waals surface area contributed by atoms with Gasteiger partial charge in [0.1, 0.15) is 11.3 Å². The molecule has 0 atom stereocenters. The Balaban J connectivity index is 1.70. The number of fused-ring (bicyclic) bond motifs is 1. The van der Waals surface area contributed by atoms with Gasteiger partial charge in [-0.25, -0.2) is 4.79 Å². The lowest BCUT2D eigenvalue weighted by molar-refractivity contribution is 0.0601. The highest BCUT2D eigenvalue weighted by Gasteiger charge is 2.24. The summed E-state index contributed by atoms with van der Waals surface area (Å²) >= 11 is 0. The zero-order chi connectivity index (χ0) is 20.4. The highest BCUT2D eigenvalue weighted by atomic mass is 16.5. The summed E-state index contributed by atoms with van der Waals surface area (Å²) in [5, 5.41) is 4.40. The molecule has 4 rings (SSSR count). The van der Waals surface area contributed by atoms with Gasteiger partial charge in [-0.15, -0.1) is 0 Å². The molecule has 0 spiro atoms. The Morgan fingerprint density at radius 2 is 1.69 bits per heavy atom. The summed E-state index contributed by atoms with van der Waals surface area (Å²) < 4.78 is 16.2. The number of para-hydroxylation sites is 1. The Labute approximate surface area is 165 Å². The minimum absolute atomic E-state index is 0.0918. The van der Waals surface area contributed by atoms with E-state index in [1.54, 1.807) is 48.5 Å². The molecule has 2 heterocycles. The number of hydrogen-bond donors (Lipinski definition) is 1. The molecule has 4 aromatic rings. The number of hydrazone groups is 1. The van der Waals surface area contributed by atoms with Crippen molar-refractivity contribution < 1.29 is 23.2 Å². The first kappa shape index (κ1) is 18.2. The third-order valence-electron chi connectivity index (χ3n) is 4.43. The van der Waals surface area contributed by atoms with Gasteiger partial charge in [0, 0.05) is 10.9 Å². The van der Waals surface area contributed by atoms with Crippen molar-refractivity contribution in [1.82, 2.24) is 0 Å². The summed E-state index contributed by atoms with van der Waals surface area (Å²) in [6.45, 7) is 0. The fourth-order valence-electron chi connectivity index (χ4n) is 3.04. The monoisotopic (exact) mass is 388 g/mol. The SMILES string of the molecule is COC(=O)c1ccccc1-c1ccc(/C(=N\N)C(=O)c2cc3ccccc3o2)o1. The Morgan fingerprint density at radius 1 is 0.931 bits per heavy atom. The summed E-state index contributed by atoms with van der Waals surface area (Å²) in [5.74, 6) is 5.11. The Bertz CT molecular complexity index is 1220. The zero-order valence-corrected chi connectivity index (χ0v) is 15.4. The maximum atomic E-state index is 12.9. The van der Waals surface area contributed by atoms with E-state index < -0.39 is 11.8 Å². The molecule has 0 saturated heterocycles. The van der Waals surface area contributed by atoms with Crippen molar-refractivity contribution in [2.75, 3.05) is 7.11 Å². The maximum Gasteiger partial charge on any atom is 0.338 e. The van der Waals surface area contributed by atoms with Crippen LogP contribution in [0, 0.1) is 0 Å². The first-order chi connectivity index (χ1) is 14.1. The van der Waals surface area contributed by atoms with Crippen molar-refractivity contribution in [2.45, 2.75) is 0 Å². The van der Waals surface area contributed by atoms with Gasteiger partial charge in [-0.2, -0.15) is 5.10 Å². The molecule has 2 aromatic carbocycles. The summed E-state index contributed by atoms with van der Waals surface area (Å²) in [6.07, 6.45) is 0. The van der Waals surface area contributed by atoms with E-state index in [9.17, 15) is 9.59 Å². The van der Waals surface area contributed by atoms with Gasteiger partial charge in [0.2, 0.25) is 0 Å². The topological polar surface area (TPSA) is 108 Å². The van der Waals surface area contributed by atoms with Gasteiger partial charge in [-0.3, -0.25) is 4.79 Å². The molecule has 0 aliphatic rings. The molecule has 0 bridgehead atoms. The lowest BCUT2D eigenvalue weighted by Crippen LogP contribution is -2.16. The van der Waals surface area contributed by atoms with Crippen LogP contribution in [-0.4, -0.2) is 24.6 Å². The quantitative estimate of drug-likeness (QED) is 0.182. The van der Waals surface area contributed by atoms with Crippen LogP contribution >= 0.6 is 0 Å². The molecule has 0 unspecified atom stereocenters. The molecule has 0 fully saturated rings. The molecule has 2 N–H and O–H groups in total. The number of furan rings is 2. The highest BCUT2D eigenvalue weighted by Crippen LogP contribution is 2.28. The number of benzene rings is 2. The smallest absolute Gasteiger partial charge is 0.338 e. The van der Waals surface area contributed by atoms with E-state index in [-0.39, 0.29) is 17.2 Å². The standard InChI is InChI=1S/C22H16N2O5/c1-27-22(26)15-8-4-3-7-14(15)17-10-11-18(29-17)20(24-23)21(25)19-12-13-6-2-5-9-16(13)28-19/h2-12H,23H2,1H3/b24-20+. The first-order valence-corrected chi connectivity index (χ1v) is 8.71. The van der Waals surface area contributed by atoms with E-state index in [4.69, 9.17) is 19.4 Å². The van der Waals surface area contributed by atoms with E-state index in [2.05, 4.69) is 5.10 Å². The van der Waals surface area contributed by atoms with Crippen LogP contribution in [0.2, 0.25) is 0 Å². The Kier molecular flexibility index (Phi) is 4.70. The summed E-state index contributed by atoms with van der Waals surface area (Å²) in [4.78, 5) is 24.9. The van der Waals surface area contributed by atoms with Crippen LogP contribution in [0.5, 0.6) is 0 Å². The average Bonchev–Trinajstić information content (AvgIpc) is 3.41. The molecule has 0 aliphatic carbocycles. The van der Waals surface area contributed by atoms with Crippen molar-refractivity contribution in [3.05, 3.63) is 83.8 Å². The second kappa shape index (κ2) is 7.47. The van der Waals surface area contributed by atoms with Crippen LogP contribution in [0.4, 0.5) is 0 Å². The van der Waals surface area contributed by atoms with Gasteiger partial charge < -0.3 is 19.4 Å². The predicted octanol–water partition coefficient (Wildman–Crippen LogP) is 4.03. The molecule has 29 heavy (non-hydrogen) atoms. The average molecular weight is 388 g/mol. The minimum atomic E-state index is -0.508. The molecule has 144 valence electrons. The zero-order valence-electron chi connectivity index (χ0n) is 15.4. The number of rotatable bonds is 5. The van der Waals surface area contributed by atoms with Gasteiger partial charge in [0.15, 0.2) is 17.2 Å². The highest BCUT2D eigenvalue weighted by molar-refractivity contribution is 6.50. The van der Waals surface area contributed by atoms with Gasteiger partial charge in [0.05, 0.1) is 12.7 Å². The largest absolute Gasteiger partial charge is 0.465 e. The van der Waals surface area contributed by atoms with Crippen molar-refractivity contribution >= 4 is 28.4 Å². The summed E-state index contributed by atoms with van der Waals surface area (Å²) in [6, 6.07) is 18.9. The molecule has 0 aliphatic heterocycles. The third kappa shape index (κ3) is 3.29. The van der Waals surface area contributed by atoms with E-state index >= 15 is 0 Å². The molecule has 7 heteroatoms. The van der Waals surface area contributed by atoms with Crippen molar-refractivity contribution in [2.24, 2.45) is 10.9 Å². The van der Waals surface area contributed by atoms with Crippen molar-refractivity contribution in [3.63, 3.8) is 0 Å². The number of Topliss-reactive ketones (excluding diaryl/α,β-unsaturated/α-hetero) is 1. The Morgan fingerprint density at radius 3 is 2.45 bits per heavy atom. The predicted molar refractivity (Wildman–Crippen MR) is 107 cm³/mol. The fourth-order valence-corrected chi connectivity index (χ4v) is 3.04. The van der Waals surface area contributed by atoms with Crippen LogP contribution in [0.15, 0.2) is 80.7 Å². The molecule has 0 radical (unpaired) electrons. The number of ketones is 1. The molecule has 0 saturated carbocycles. The van der Waals surface area contributed by atoms with Crippen molar-refractivity contribution in [1.29, 1.82) is 0 Å². The molecular formula is C22H16N2O5. The number of hydrogen-bond acceptors (Lipinski definition) is 7. The first-order valence-electron chi connectivity index (χ1n) is 8.71. The number of methoxy groups -OCH3 is 1. The van der Waals surface area contributed by atoms with Crippen LogP contribution in [0.3, 0.4) is 0 Å². The number of esters is 1. The van der Waals surface area contributed by atoms with Gasteiger partial charge in [-0.05, 0) is 30.3 Å². The van der Waals surface area contributed by atoms with Crippen molar-refractivity contribution in [3.8, 4) is 11.3 Å². The third-order valence-corrected chi connectivity index (χ3v) is 4.43. The van der Waals surface area contributed by atoms with Crippen LogP contribution in [0.1, 0.15) is 26.7 Å². The molecule has 2 aromatic heterocycles. The fraction of sp³-hybridized carbons (Fsp3) is 0.0455. The second-order valence-electron chi connectivity index (χ2n) is 6.16. The van der Waals surface area contributed by atoms with E-state index in [1.807, 2.05) is 18.2 Å². The molecule has 7 nitrogen and oxygen atoms in total. The molecular weight excluding hydrogens is 372 g/mol. The van der Waals surface area contributed by atoms with E-state index in [0.717, 1.165) is 5.39 Å². The number of carbonyl (C=O) groups excluding carboxylic acids is 2. The van der Waals surface area contributed by atoms with Gasteiger partial charge >= 0.3 is 5.97 Å². The van der Waals surface area contributed by atoms with Crippen LogP contribution in [0.25, 0.3) is 22.3 Å². The maximum absolute atomic E-state index is 12.9. The lowest BCUT2D eigenvalue weighted by Gasteiger charge is -2.05. The summed E-state index contributed by atoms with van der Waals surface area (Å²) in [5.41, 5.74) is 1.36. The lowest BCUT2D eigenvalue weighted by atomic mass is 10.1.